The smallest absolute Gasteiger partial charge is 0.316 e. The maximum atomic E-state index is 5.03. The molecule has 0 N–H and O–H groups in total. The Balaban J connectivity index is 2.22. The fourth-order valence-corrected chi connectivity index (χ4v) is 2.41. The predicted octanol–water partition coefficient (Wildman–Crippen LogP) is 3.65. The van der Waals surface area contributed by atoms with Crippen LogP contribution in [0.5, 0.6) is 6.01 Å². The second kappa shape index (κ2) is 5.87. The quantitative estimate of drug-likeness (QED) is 0.786. The summed E-state index contributed by atoms with van der Waals surface area (Å²) in [5, 5.41) is 0.593. The van der Waals surface area contributed by atoms with E-state index in [9.17, 15) is 0 Å². The van der Waals surface area contributed by atoms with Gasteiger partial charge in [0.15, 0.2) is 0 Å². The molecule has 0 spiro atoms. The number of benzene rings is 1. The third kappa shape index (κ3) is 3.23. The first-order chi connectivity index (χ1) is 8.69. The summed E-state index contributed by atoms with van der Waals surface area (Å²) in [6.07, 6.45) is 1.71. The van der Waals surface area contributed by atoms with E-state index in [1.807, 2.05) is 17.8 Å². The summed E-state index contributed by atoms with van der Waals surface area (Å²) in [4.78, 5) is 9.59. The van der Waals surface area contributed by atoms with Crippen molar-refractivity contribution in [1.82, 2.24) is 9.97 Å². The van der Waals surface area contributed by atoms with E-state index in [4.69, 9.17) is 4.74 Å². The monoisotopic (exact) mass is 260 g/mol. The number of methoxy groups -OCH3 is 1. The van der Waals surface area contributed by atoms with Crippen molar-refractivity contribution in [3.05, 3.63) is 36.5 Å². The molecule has 0 aliphatic heterocycles. The van der Waals surface area contributed by atoms with Crippen LogP contribution in [0.15, 0.2) is 41.4 Å². The van der Waals surface area contributed by atoms with Crippen molar-refractivity contribution >= 4 is 11.8 Å². The number of ether oxygens (including phenoxy) is 1. The second-order valence-electron chi connectivity index (χ2n) is 4.12. The SMILES string of the molecule is COc1nccc(-c2ccc(SC(C)C)cc2)n1. The normalized spacial score (nSPS) is 10.7. The Morgan fingerprint density at radius 2 is 1.83 bits per heavy atom. The van der Waals surface area contributed by atoms with Crippen LogP contribution in [0.25, 0.3) is 11.3 Å². The van der Waals surface area contributed by atoms with E-state index in [2.05, 4.69) is 48.1 Å². The third-order valence-electron chi connectivity index (χ3n) is 2.34. The average molecular weight is 260 g/mol. The first-order valence-electron chi connectivity index (χ1n) is 5.83. The van der Waals surface area contributed by atoms with Gasteiger partial charge in [0, 0.05) is 21.9 Å². The van der Waals surface area contributed by atoms with E-state index < -0.39 is 0 Å². The van der Waals surface area contributed by atoms with E-state index in [1.54, 1.807) is 13.3 Å². The summed E-state index contributed by atoms with van der Waals surface area (Å²) < 4.78 is 5.03. The molecule has 2 rings (SSSR count). The molecule has 0 saturated carbocycles. The lowest BCUT2D eigenvalue weighted by atomic mass is 10.1. The third-order valence-corrected chi connectivity index (χ3v) is 3.35. The average Bonchev–Trinajstić information content (AvgIpc) is 2.39. The van der Waals surface area contributed by atoms with E-state index in [1.165, 1.54) is 4.90 Å². The van der Waals surface area contributed by atoms with Crippen molar-refractivity contribution < 1.29 is 4.74 Å². The van der Waals surface area contributed by atoms with Gasteiger partial charge in [-0.3, -0.25) is 0 Å². The molecule has 1 aromatic carbocycles. The molecule has 0 atom stereocenters. The standard InChI is InChI=1S/C14H16N2OS/c1-10(2)18-12-6-4-11(5-7-12)13-8-9-15-14(16-13)17-3/h4-10H,1-3H3. The Morgan fingerprint density at radius 1 is 1.11 bits per heavy atom. The molecule has 2 aromatic rings. The van der Waals surface area contributed by atoms with Gasteiger partial charge in [-0.05, 0) is 18.2 Å². The van der Waals surface area contributed by atoms with Crippen molar-refractivity contribution in [3.8, 4) is 17.3 Å². The zero-order valence-electron chi connectivity index (χ0n) is 10.8. The second-order valence-corrected chi connectivity index (χ2v) is 5.77. The molecule has 1 aromatic heterocycles. The zero-order valence-corrected chi connectivity index (χ0v) is 11.6. The molecule has 0 amide bonds. The number of thioether (sulfide) groups is 1. The van der Waals surface area contributed by atoms with Gasteiger partial charge >= 0.3 is 6.01 Å². The lowest BCUT2D eigenvalue weighted by Gasteiger charge is -2.06. The van der Waals surface area contributed by atoms with E-state index in [0.717, 1.165) is 11.3 Å². The molecular weight excluding hydrogens is 244 g/mol. The van der Waals surface area contributed by atoms with Crippen molar-refractivity contribution in [2.75, 3.05) is 7.11 Å². The van der Waals surface area contributed by atoms with Gasteiger partial charge in [-0.25, -0.2) is 4.98 Å². The van der Waals surface area contributed by atoms with Crippen LogP contribution in [0.1, 0.15) is 13.8 Å². The van der Waals surface area contributed by atoms with Crippen LogP contribution in [0.2, 0.25) is 0 Å². The topological polar surface area (TPSA) is 35.0 Å². The summed E-state index contributed by atoms with van der Waals surface area (Å²) in [5.74, 6) is 0. The van der Waals surface area contributed by atoms with Gasteiger partial charge in [0.1, 0.15) is 0 Å². The first-order valence-corrected chi connectivity index (χ1v) is 6.71. The Labute approximate surface area is 112 Å². The molecule has 1 heterocycles. The largest absolute Gasteiger partial charge is 0.467 e. The lowest BCUT2D eigenvalue weighted by Crippen LogP contribution is -1.93. The lowest BCUT2D eigenvalue weighted by molar-refractivity contribution is 0.380. The molecule has 0 fully saturated rings. The summed E-state index contributed by atoms with van der Waals surface area (Å²) in [6, 6.07) is 10.7. The van der Waals surface area contributed by atoms with Crippen molar-refractivity contribution in [2.45, 2.75) is 24.0 Å². The Hall–Kier alpha value is -1.55. The number of rotatable bonds is 4. The molecule has 0 aliphatic rings. The maximum absolute atomic E-state index is 5.03. The predicted molar refractivity (Wildman–Crippen MR) is 75.0 cm³/mol. The van der Waals surface area contributed by atoms with Gasteiger partial charge in [-0.2, -0.15) is 4.98 Å². The van der Waals surface area contributed by atoms with E-state index >= 15 is 0 Å². The van der Waals surface area contributed by atoms with Crippen LogP contribution < -0.4 is 4.74 Å². The first kappa shape index (κ1) is 12.9. The van der Waals surface area contributed by atoms with Gasteiger partial charge in [-0.15, -0.1) is 11.8 Å². The van der Waals surface area contributed by atoms with Crippen LogP contribution in [0.4, 0.5) is 0 Å². The van der Waals surface area contributed by atoms with Gasteiger partial charge < -0.3 is 4.74 Å². The number of nitrogens with zero attached hydrogens (tertiary/aromatic N) is 2. The highest BCUT2D eigenvalue weighted by molar-refractivity contribution is 7.99. The number of hydrogen-bond acceptors (Lipinski definition) is 4. The highest BCUT2D eigenvalue weighted by Gasteiger charge is 2.03. The fraction of sp³-hybridized carbons (Fsp3) is 0.286. The Bertz CT molecular complexity index is 511. The molecule has 3 nitrogen and oxygen atoms in total. The van der Waals surface area contributed by atoms with Crippen LogP contribution in [0.3, 0.4) is 0 Å². The summed E-state index contributed by atoms with van der Waals surface area (Å²) in [5.41, 5.74) is 1.95. The molecule has 18 heavy (non-hydrogen) atoms. The molecule has 94 valence electrons. The van der Waals surface area contributed by atoms with Crippen LogP contribution in [0, 0.1) is 0 Å². The zero-order chi connectivity index (χ0) is 13.0. The number of hydrogen-bond donors (Lipinski definition) is 0. The molecular formula is C14H16N2OS. The van der Waals surface area contributed by atoms with Crippen LogP contribution in [-0.2, 0) is 0 Å². The fourth-order valence-electron chi connectivity index (χ4n) is 1.58. The summed E-state index contributed by atoms with van der Waals surface area (Å²) in [7, 11) is 1.57. The summed E-state index contributed by atoms with van der Waals surface area (Å²) in [6.45, 7) is 4.38. The van der Waals surface area contributed by atoms with E-state index in [0.29, 0.717) is 11.3 Å². The van der Waals surface area contributed by atoms with Crippen molar-refractivity contribution in [2.24, 2.45) is 0 Å². The van der Waals surface area contributed by atoms with E-state index in [-0.39, 0.29) is 0 Å². The molecule has 0 unspecified atom stereocenters. The molecule has 0 saturated heterocycles. The highest BCUT2D eigenvalue weighted by atomic mass is 32.2. The van der Waals surface area contributed by atoms with Crippen LogP contribution in [-0.4, -0.2) is 22.3 Å². The Kier molecular flexibility index (Phi) is 4.20. The van der Waals surface area contributed by atoms with Crippen molar-refractivity contribution in [1.29, 1.82) is 0 Å². The minimum Gasteiger partial charge on any atom is -0.467 e. The Morgan fingerprint density at radius 3 is 2.44 bits per heavy atom. The molecule has 0 aliphatic carbocycles. The molecule has 4 heteroatoms. The maximum Gasteiger partial charge on any atom is 0.316 e. The molecule has 0 radical (unpaired) electrons. The van der Waals surface area contributed by atoms with Gasteiger partial charge in [-0.1, -0.05) is 26.0 Å². The van der Waals surface area contributed by atoms with Gasteiger partial charge in [0.25, 0.3) is 0 Å². The highest BCUT2D eigenvalue weighted by Crippen LogP contribution is 2.26. The minimum atomic E-state index is 0.396. The van der Waals surface area contributed by atoms with Crippen molar-refractivity contribution in [3.63, 3.8) is 0 Å². The number of aromatic nitrogens is 2. The molecule has 0 bridgehead atoms. The van der Waals surface area contributed by atoms with Gasteiger partial charge in [0.2, 0.25) is 0 Å². The summed E-state index contributed by atoms with van der Waals surface area (Å²) >= 11 is 1.85. The van der Waals surface area contributed by atoms with Gasteiger partial charge in [0.05, 0.1) is 12.8 Å². The van der Waals surface area contributed by atoms with Crippen LogP contribution >= 0.6 is 11.8 Å². The minimum absolute atomic E-state index is 0.396.